The number of fused-ring (bicyclic) bond motifs is 1. The van der Waals surface area contributed by atoms with Crippen molar-refractivity contribution in [2.45, 2.75) is 12.5 Å². The van der Waals surface area contributed by atoms with E-state index in [0.29, 0.717) is 25.6 Å². The third-order valence-corrected chi connectivity index (χ3v) is 4.08. The molecule has 1 fully saturated rings. The molecule has 2 aliphatic heterocycles. The van der Waals surface area contributed by atoms with Gasteiger partial charge in [0.15, 0.2) is 11.5 Å². The van der Waals surface area contributed by atoms with E-state index in [1.54, 1.807) is 0 Å². The Labute approximate surface area is 114 Å². The lowest BCUT2D eigenvalue weighted by atomic mass is 9.95. The summed E-state index contributed by atoms with van der Waals surface area (Å²) in [4.78, 5) is 0. The van der Waals surface area contributed by atoms with Gasteiger partial charge in [-0.3, -0.25) is 0 Å². The van der Waals surface area contributed by atoms with Gasteiger partial charge in [0.05, 0.1) is 12.7 Å². The molecule has 18 heavy (non-hydrogen) atoms. The van der Waals surface area contributed by atoms with Gasteiger partial charge in [-0.15, -0.1) is 0 Å². The van der Waals surface area contributed by atoms with Gasteiger partial charge >= 0.3 is 0 Å². The summed E-state index contributed by atoms with van der Waals surface area (Å²) in [5.41, 5.74) is 0.842. The highest BCUT2D eigenvalue weighted by molar-refractivity contribution is 9.10. The Bertz CT molecular complexity index is 443. The number of rotatable bonds is 2. The Morgan fingerprint density at radius 3 is 2.56 bits per heavy atom. The van der Waals surface area contributed by atoms with Crippen molar-refractivity contribution in [3.8, 4) is 11.5 Å². The number of aliphatic hydroxyl groups excluding tert-OH is 1. The third-order valence-electron chi connectivity index (χ3n) is 3.39. The molecule has 2 atom stereocenters. The van der Waals surface area contributed by atoms with Crippen LogP contribution in [0.5, 0.6) is 11.5 Å². The van der Waals surface area contributed by atoms with Gasteiger partial charge in [-0.1, -0.05) is 15.9 Å². The van der Waals surface area contributed by atoms with E-state index in [-0.39, 0.29) is 5.92 Å². The number of benzene rings is 1. The molecule has 0 spiro atoms. The van der Waals surface area contributed by atoms with E-state index in [1.165, 1.54) is 0 Å². The van der Waals surface area contributed by atoms with E-state index in [0.717, 1.165) is 28.8 Å². The largest absolute Gasteiger partial charge is 0.486 e. The monoisotopic (exact) mass is 314 g/mol. The lowest BCUT2D eigenvalue weighted by molar-refractivity contribution is 0.0904. The third kappa shape index (κ3) is 2.22. The minimum atomic E-state index is -0.530. The van der Waals surface area contributed by atoms with Crippen LogP contribution < -0.4 is 9.47 Å². The zero-order chi connectivity index (χ0) is 12.5. The first-order valence-corrected chi connectivity index (χ1v) is 6.90. The Hall–Kier alpha value is -0.780. The summed E-state index contributed by atoms with van der Waals surface area (Å²) in [6.07, 6.45) is 0.361. The minimum absolute atomic E-state index is 0.156. The fourth-order valence-electron chi connectivity index (χ4n) is 2.36. The molecule has 3 rings (SSSR count). The van der Waals surface area contributed by atoms with Crippen molar-refractivity contribution in [2.75, 3.05) is 26.4 Å². The van der Waals surface area contributed by atoms with E-state index in [1.807, 2.05) is 12.1 Å². The maximum atomic E-state index is 10.4. The van der Waals surface area contributed by atoms with Crippen molar-refractivity contribution in [3.63, 3.8) is 0 Å². The molecule has 98 valence electrons. The van der Waals surface area contributed by atoms with Crippen LogP contribution in [0.25, 0.3) is 0 Å². The molecule has 2 unspecified atom stereocenters. The molecule has 1 aromatic carbocycles. The van der Waals surface area contributed by atoms with Crippen LogP contribution in [0.3, 0.4) is 0 Å². The summed E-state index contributed by atoms with van der Waals surface area (Å²) in [6.45, 7) is 2.46. The summed E-state index contributed by atoms with van der Waals surface area (Å²) < 4.78 is 17.2. The standard InChI is InChI=1S/C13H15BrO4/c14-10-6-12-11(17-3-4-18-12)5-9(10)13(15)8-1-2-16-7-8/h5-6,8,13,15H,1-4,7H2. The highest BCUT2D eigenvalue weighted by Gasteiger charge is 2.28. The SMILES string of the molecule is OC(c1cc2c(cc1Br)OCCO2)C1CCOC1. The molecule has 0 aliphatic carbocycles. The van der Waals surface area contributed by atoms with Crippen molar-refractivity contribution < 1.29 is 19.3 Å². The van der Waals surface area contributed by atoms with Crippen molar-refractivity contribution in [2.24, 2.45) is 5.92 Å². The molecule has 2 heterocycles. The van der Waals surface area contributed by atoms with E-state index in [9.17, 15) is 5.11 Å². The van der Waals surface area contributed by atoms with Crippen LogP contribution >= 0.6 is 15.9 Å². The average Bonchev–Trinajstić information content (AvgIpc) is 2.91. The van der Waals surface area contributed by atoms with Gasteiger partial charge < -0.3 is 19.3 Å². The van der Waals surface area contributed by atoms with Crippen LogP contribution in [0.15, 0.2) is 16.6 Å². The molecule has 0 bridgehead atoms. The lowest BCUT2D eigenvalue weighted by Gasteiger charge is -2.23. The average molecular weight is 315 g/mol. The number of ether oxygens (including phenoxy) is 3. The first-order valence-electron chi connectivity index (χ1n) is 6.10. The minimum Gasteiger partial charge on any atom is -0.486 e. The van der Waals surface area contributed by atoms with Gasteiger partial charge in [-0.05, 0) is 24.1 Å². The highest BCUT2D eigenvalue weighted by Crippen LogP contribution is 2.40. The summed E-state index contributed by atoms with van der Waals surface area (Å²) in [6, 6.07) is 3.73. The fourth-order valence-corrected chi connectivity index (χ4v) is 2.92. The van der Waals surface area contributed by atoms with Crippen LogP contribution in [0.4, 0.5) is 0 Å². The number of hydrogen-bond acceptors (Lipinski definition) is 4. The Kier molecular flexibility index (Phi) is 3.46. The maximum Gasteiger partial charge on any atom is 0.162 e. The molecule has 0 radical (unpaired) electrons. The molecule has 1 aromatic rings. The Balaban J connectivity index is 1.90. The molecular weight excluding hydrogens is 300 g/mol. The predicted molar refractivity (Wildman–Crippen MR) is 69.0 cm³/mol. The van der Waals surface area contributed by atoms with Crippen LogP contribution in [0.2, 0.25) is 0 Å². The Morgan fingerprint density at radius 2 is 1.89 bits per heavy atom. The topological polar surface area (TPSA) is 47.9 Å². The van der Waals surface area contributed by atoms with Crippen molar-refractivity contribution in [1.29, 1.82) is 0 Å². The van der Waals surface area contributed by atoms with Gasteiger partial charge in [-0.25, -0.2) is 0 Å². The number of aliphatic hydroxyl groups is 1. The van der Waals surface area contributed by atoms with Crippen LogP contribution in [0.1, 0.15) is 18.1 Å². The summed E-state index contributed by atoms with van der Waals surface area (Å²) in [5.74, 6) is 1.59. The van der Waals surface area contributed by atoms with Crippen molar-refractivity contribution in [3.05, 3.63) is 22.2 Å². The zero-order valence-corrected chi connectivity index (χ0v) is 11.5. The smallest absolute Gasteiger partial charge is 0.162 e. The maximum absolute atomic E-state index is 10.4. The molecule has 1 saturated heterocycles. The van der Waals surface area contributed by atoms with Crippen LogP contribution in [0, 0.1) is 5.92 Å². The van der Waals surface area contributed by atoms with E-state index in [2.05, 4.69) is 15.9 Å². The molecule has 1 N–H and O–H groups in total. The Morgan fingerprint density at radius 1 is 1.17 bits per heavy atom. The molecule has 0 aromatic heterocycles. The second kappa shape index (κ2) is 5.07. The summed E-state index contributed by atoms with van der Waals surface area (Å²) in [7, 11) is 0. The van der Waals surface area contributed by atoms with Gasteiger partial charge in [0.1, 0.15) is 13.2 Å². The van der Waals surface area contributed by atoms with Crippen molar-refractivity contribution in [1.82, 2.24) is 0 Å². The zero-order valence-electron chi connectivity index (χ0n) is 9.89. The molecule has 4 nitrogen and oxygen atoms in total. The molecule has 0 saturated carbocycles. The first kappa shape index (κ1) is 12.3. The number of halogens is 1. The lowest BCUT2D eigenvalue weighted by Crippen LogP contribution is -2.17. The summed E-state index contributed by atoms with van der Waals surface area (Å²) in [5, 5.41) is 10.4. The number of hydrogen-bond donors (Lipinski definition) is 1. The van der Waals surface area contributed by atoms with E-state index < -0.39 is 6.10 Å². The van der Waals surface area contributed by atoms with Crippen LogP contribution in [-0.2, 0) is 4.74 Å². The molecule has 0 amide bonds. The molecule has 2 aliphatic rings. The first-order chi connectivity index (χ1) is 8.75. The normalized spacial score (nSPS) is 24.0. The summed E-state index contributed by atoms with van der Waals surface area (Å²) >= 11 is 3.49. The van der Waals surface area contributed by atoms with Gasteiger partial charge in [0, 0.05) is 17.0 Å². The van der Waals surface area contributed by atoms with Gasteiger partial charge in [0.2, 0.25) is 0 Å². The highest BCUT2D eigenvalue weighted by atomic mass is 79.9. The molecular formula is C13H15BrO4. The second-order valence-electron chi connectivity index (χ2n) is 4.59. The van der Waals surface area contributed by atoms with Crippen molar-refractivity contribution >= 4 is 15.9 Å². The fraction of sp³-hybridized carbons (Fsp3) is 0.538. The van der Waals surface area contributed by atoms with Gasteiger partial charge in [0.25, 0.3) is 0 Å². The van der Waals surface area contributed by atoms with E-state index in [4.69, 9.17) is 14.2 Å². The predicted octanol–water partition coefficient (Wildman–Crippen LogP) is 2.29. The van der Waals surface area contributed by atoms with Gasteiger partial charge in [-0.2, -0.15) is 0 Å². The van der Waals surface area contributed by atoms with Crippen LogP contribution in [-0.4, -0.2) is 31.5 Å². The quantitative estimate of drug-likeness (QED) is 0.910. The van der Waals surface area contributed by atoms with E-state index >= 15 is 0 Å². The second-order valence-corrected chi connectivity index (χ2v) is 5.44. The molecule has 5 heteroatoms.